The molecule has 0 aliphatic carbocycles. The van der Waals surface area contributed by atoms with Crippen LogP contribution in [0.3, 0.4) is 0 Å². The van der Waals surface area contributed by atoms with Crippen molar-refractivity contribution in [2.45, 2.75) is 45.1 Å². The Morgan fingerprint density at radius 2 is 2.42 bits per heavy atom. The van der Waals surface area contributed by atoms with Gasteiger partial charge in [0, 0.05) is 18.7 Å². The number of nitrogens with zero attached hydrogens (tertiary/aromatic N) is 1. The number of carbonyl (C=O) groups excluding carboxylic acids is 1. The Morgan fingerprint density at radius 1 is 1.58 bits per heavy atom. The van der Waals surface area contributed by atoms with Gasteiger partial charge in [0.25, 0.3) is 0 Å². The van der Waals surface area contributed by atoms with Crippen molar-refractivity contribution in [2.24, 2.45) is 0 Å². The van der Waals surface area contributed by atoms with Crippen molar-refractivity contribution < 1.29 is 4.79 Å². The topological polar surface area (TPSA) is 54.0 Å². The molecule has 2 heterocycles. The van der Waals surface area contributed by atoms with Gasteiger partial charge in [0.1, 0.15) is 0 Å². The smallest absolute Gasteiger partial charge is 0.224 e. The molecule has 0 radical (unpaired) electrons. The van der Waals surface area contributed by atoms with E-state index in [1.807, 2.05) is 13.0 Å². The molecule has 1 atom stereocenters. The maximum atomic E-state index is 11.9. The number of anilines is 1. The molecule has 1 fully saturated rings. The molecular weight excluding hydrogens is 262 g/mol. The number of carbonyl (C=O) groups is 1. The summed E-state index contributed by atoms with van der Waals surface area (Å²) >= 11 is 5.98. The Labute approximate surface area is 118 Å². The quantitative estimate of drug-likeness (QED) is 0.835. The van der Waals surface area contributed by atoms with E-state index in [0.717, 1.165) is 18.5 Å². The number of amides is 1. The third-order valence-electron chi connectivity index (χ3n) is 3.51. The van der Waals surface area contributed by atoms with Crippen LogP contribution in [-0.2, 0) is 4.79 Å². The molecule has 0 aromatic carbocycles. The number of aryl methyl sites for hydroxylation is 1. The molecule has 1 aliphatic heterocycles. The van der Waals surface area contributed by atoms with Crippen LogP contribution >= 0.6 is 11.6 Å². The molecular formula is C14H20ClN3O. The van der Waals surface area contributed by atoms with Crippen LogP contribution in [0.5, 0.6) is 0 Å². The van der Waals surface area contributed by atoms with E-state index in [0.29, 0.717) is 23.3 Å². The number of piperidine rings is 1. The highest BCUT2D eigenvalue weighted by atomic mass is 35.5. The number of rotatable bonds is 4. The molecule has 1 unspecified atom stereocenters. The highest BCUT2D eigenvalue weighted by molar-refractivity contribution is 6.32. The van der Waals surface area contributed by atoms with E-state index >= 15 is 0 Å². The normalized spacial score (nSPS) is 19.2. The second kappa shape index (κ2) is 6.87. The third kappa shape index (κ3) is 4.18. The van der Waals surface area contributed by atoms with Gasteiger partial charge in [0.15, 0.2) is 5.15 Å². The number of nitrogens with one attached hydrogen (secondary N) is 2. The predicted octanol–water partition coefficient (Wildman–Crippen LogP) is 2.90. The zero-order valence-electron chi connectivity index (χ0n) is 11.2. The number of aromatic nitrogens is 1. The molecule has 4 nitrogen and oxygen atoms in total. The van der Waals surface area contributed by atoms with E-state index in [1.54, 1.807) is 6.20 Å². The van der Waals surface area contributed by atoms with Crippen molar-refractivity contribution in [1.82, 2.24) is 10.3 Å². The number of halogens is 1. The van der Waals surface area contributed by atoms with Gasteiger partial charge < -0.3 is 10.6 Å². The molecule has 2 N–H and O–H groups in total. The second-order valence-corrected chi connectivity index (χ2v) is 5.39. The van der Waals surface area contributed by atoms with Gasteiger partial charge in [-0.3, -0.25) is 4.79 Å². The minimum atomic E-state index is 0.00498. The van der Waals surface area contributed by atoms with Crippen molar-refractivity contribution in [1.29, 1.82) is 0 Å². The maximum Gasteiger partial charge on any atom is 0.224 e. The van der Waals surface area contributed by atoms with E-state index in [1.165, 1.54) is 19.3 Å². The van der Waals surface area contributed by atoms with Gasteiger partial charge in [-0.1, -0.05) is 18.0 Å². The average molecular weight is 282 g/mol. The first-order valence-corrected chi connectivity index (χ1v) is 7.19. The van der Waals surface area contributed by atoms with Crippen molar-refractivity contribution in [3.8, 4) is 0 Å². The van der Waals surface area contributed by atoms with Crippen LogP contribution in [0.15, 0.2) is 12.3 Å². The lowest BCUT2D eigenvalue weighted by atomic mass is 10.0. The van der Waals surface area contributed by atoms with E-state index in [4.69, 9.17) is 11.6 Å². The summed E-state index contributed by atoms with van der Waals surface area (Å²) in [5.41, 5.74) is 1.56. The molecule has 1 amide bonds. The molecule has 19 heavy (non-hydrogen) atoms. The average Bonchev–Trinajstić information content (AvgIpc) is 2.42. The highest BCUT2D eigenvalue weighted by Gasteiger charge is 2.15. The summed E-state index contributed by atoms with van der Waals surface area (Å²) in [7, 11) is 0. The minimum absolute atomic E-state index is 0.00498. The largest absolute Gasteiger partial charge is 0.323 e. The van der Waals surface area contributed by atoms with E-state index < -0.39 is 0 Å². The summed E-state index contributed by atoms with van der Waals surface area (Å²) in [6.07, 6.45) is 6.70. The molecule has 2 rings (SSSR count). The van der Waals surface area contributed by atoms with Crippen LogP contribution in [0, 0.1) is 6.92 Å². The van der Waals surface area contributed by atoms with Crippen LogP contribution < -0.4 is 10.6 Å². The lowest BCUT2D eigenvalue weighted by Gasteiger charge is -2.23. The fraction of sp³-hybridized carbons (Fsp3) is 0.571. The van der Waals surface area contributed by atoms with Gasteiger partial charge in [0.05, 0.1) is 5.69 Å². The molecule has 1 aliphatic rings. The Morgan fingerprint density at radius 3 is 3.11 bits per heavy atom. The molecule has 0 saturated carbocycles. The Balaban J connectivity index is 1.83. The lowest BCUT2D eigenvalue weighted by molar-refractivity contribution is -0.116. The van der Waals surface area contributed by atoms with Gasteiger partial charge in [0.2, 0.25) is 5.91 Å². The van der Waals surface area contributed by atoms with Gasteiger partial charge in [-0.25, -0.2) is 4.98 Å². The predicted molar refractivity (Wildman–Crippen MR) is 77.5 cm³/mol. The van der Waals surface area contributed by atoms with Crippen molar-refractivity contribution >= 4 is 23.2 Å². The fourth-order valence-corrected chi connectivity index (χ4v) is 2.61. The number of pyridine rings is 1. The van der Waals surface area contributed by atoms with Crippen LogP contribution in [0.1, 0.15) is 37.7 Å². The zero-order chi connectivity index (χ0) is 13.7. The van der Waals surface area contributed by atoms with Gasteiger partial charge in [-0.15, -0.1) is 0 Å². The van der Waals surface area contributed by atoms with E-state index in [2.05, 4.69) is 15.6 Å². The number of hydrogen-bond acceptors (Lipinski definition) is 3. The Bertz CT molecular complexity index is 424. The van der Waals surface area contributed by atoms with Gasteiger partial charge in [-0.2, -0.15) is 0 Å². The van der Waals surface area contributed by atoms with E-state index in [-0.39, 0.29) is 5.91 Å². The highest BCUT2D eigenvalue weighted by Crippen LogP contribution is 2.23. The fourth-order valence-electron chi connectivity index (χ4n) is 2.35. The molecule has 1 aromatic rings. The standard InChI is InChI=1S/C14H20ClN3O/c1-10-7-9-17-14(15)13(10)18-12(19)6-5-11-4-2-3-8-16-11/h7,9,11,16H,2-6,8H2,1H3,(H,18,19). The van der Waals surface area contributed by atoms with Crippen LogP contribution in [0.4, 0.5) is 5.69 Å². The summed E-state index contributed by atoms with van der Waals surface area (Å²) in [6.45, 7) is 2.98. The third-order valence-corrected chi connectivity index (χ3v) is 3.80. The minimum Gasteiger partial charge on any atom is -0.323 e. The monoisotopic (exact) mass is 281 g/mol. The number of hydrogen-bond donors (Lipinski definition) is 2. The van der Waals surface area contributed by atoms with Crippen molar-refractivity contribution in [3.05, 3.63) is 23.0 Å². The molecule has 0 bridgehead atoms. The van der Waals surface area contributed by atoms with Crippen molar-refractivity contribution in [2.75, 3.05) is 11.9 Å². The first-order chi connectivity index (χ1) is 9.16. The Kier molecular flexibility index (Phi) is 5.16. The second-order valence-electron chi connectivity index (χ2n) is 5.03. The molecule has 1 saturated heterocycles. The molecule has 1 aromatic heterocycles. The summed E-state index contributed by atoms with van der Waals surface area (Å²) in [5, 5.41) is 6.65. The molecule has 104 valence electrons. The first-order valence-electron chi connectivity index (χ1n) is 6.81. The summed E-state index contributed by atoms with van der Waals surface area (Å²) in [4.78, 5) is 15.9. The SMILES string of the molecule is Cc1ccnc(Cl)c1NC(=O)CCC1CCCCN1. The zero-order valence-corrected chi connectivity index (χ0v) is 12.0. The lowest BCUT2D eigenvalue weighted by Crippen LogP contribution is -2.34. The summed E-state index contributed by atoms with van der Waals surface area (Å²) in [6, 6.07) is 2.31. The molecule has 0 spiro atoms. The first kappa shape index (κ1) is 14.3. The van der Waals surface area contributed by atoms with Crippen LogP contribution in [0.25, 0.3) is 0 Å². The maximum absolute atomic E-state index is 11.9. The van der Waals surface area contributed by atoms with Crippen LogP contribution in [0.2, 0.25) is 5.15 Å². The van der Waals surface area contributed by atoms with Crippen LogP contribution in [-0.4, -0.2) is 23.5 Å². The van der Waals surface area contributed by atoms with E-state index in [9.17, 15) is 4.79 Å². The Hall–Kier alpha value is -1.13. The van der Waals surface area contributed by atoms with Gasteiger partial charge >= 0.3 is 0 Å². The van der Waals surface area contributed by atoms with Gasteiger partial charge in [-0.05, 0) is 44.4 Å². The summed E-state index contributed by atoms with van der Waals surface area (Å²) < 4.78 is 0. The molecule has 5 heteroatoms. The van der Waals surface area contributed by atoms with Crippen molar-refractivity contribution in [3.63, 3.8) is 0 Å². The summed E-state index contributed by atoms with van der Waals surface area (Å²) in [5.74, 6) is 0.00498.